The molecule has 0 unspecified atom stereocenters. The number of morpholine rings is 1. The summed E-state index contributed by atoms with van der Waals surface area (Å²) in [5.74, 6) is 1.07. The van der Waals surface area contributed by atoms with Crippen LogP contribution in [0.15, 0.2) is 30.7 Å². The van der Waals surface area contributed by atoms with E-state index in [2.05, 4.69) is 49.0 Å². The molecule has 5 rings (SSSR count). The van der Waals surface area contributed by atoms with Gasteiger partial charge < -0.3 is 30.5 Å². The van der Waals surface area contributed by atoms with Crippen molar-refractivity contribution in [3.05, 3.63) is 41.9 Å². The number of nitrogens with zero attached hydrogens (tertiary/aromatic N) is 4. The van der Waals surface area contributed by atoms with E-state index < -0.39 is 0 Å². The summed E-state index contributed by atoms with van der Waals surface area (Å²) < 4.78 is 5.56. The quantitative estimate of drug-likeness (QED) is 0.542. The standard InChI is InChI=1S/C27H35N7O3/c1-33-11-5-10-28-25-24-21(27(36)32-26(24)31-18-30-25)17-29-20-8-9-22(34-12-14-37-15-13-34)19(16-20)6-3-2-4-7-23(33)35/h8-9,16-18,29H,2-7,10-15H2,1H3,(H2,28,30,31,32,36)/b21-17-. The fourth-order valence-corrected chi connectivity index (χ4v) is 5.05. The van der Waals surface area contributed by atoms with Crippen LogP contribution in [-0.4, -0.2) is 73.1 Å². The van der Waals surface area contributed by atoms with Gasteiger partial charge in [0.2, 0.25) is 5.91 Å². The highest BCUT2D eigenvalue weighted by Crippen LogP contribution is 2.35. The SMILES string of the molecule is CN1CCCNc2ncnc3c2/C(=C/Nc2ccc(N4CCOCC4)c(c2)CCCCCC1=O)C(=O)N3. The van der Waals surface area contributed by atoms with E-state index in [1.54, 1.807) is 11.1 Å². The molecule has 2 amide bonds. The van der Waals surface area contributed by atoms with Crippen LogP contribution in [0.5, 0.6) is 0 Å². The molecule has 0 atom stereocenters. The number of anilines is 4. The molecule has 37 heavy (non-hydrogen) atoms. The van der Waals surface area contributed by atoms with Crippen molar-refractivity contribution < 1.29 is 14.3 Å². The lowest BCUT2D eigenvalue weighted by Crippen LogP contribution is -2.36. The Morgan fingerprint density at radius 1 is 0.946 bits per heavy atom. The van der Waals surface area contributed by atoms with Gasteiger partial charge in [-0.1, -0.05) is 6.42 Å². The Morgan fingerprint density at radius 3 is 2.62 bits per heavy atom. The second-order valence-electron chi connectivity index (χ2n) is 9.70. The van der Waals surface area contributed by atoms with Gasteiger partial charge in [0.1, 0.15) is 18.0 Å². The number of hydrogen-bond acceptors (Lipinski definition) is 8. The van der Waals surface area contributed by atoms with Gasteiger partial charge in [0, 0.05) is 57.2 Å². The fourth-order valence-electron chi connectivity index (χ4n) is 5.05. The van der Waals surface area contributed by atoms with Crippen molar-refractivity contribution in [2.75, 3.05) is 67.3 Å². The molecule has 2 aromatic rings. The predicted octanol–water partition coefficient (Wildman–Crippen LogP) is 3.10. The van der Waals surface area contributed by atoms with Crippen LogP contribution in [0.3, 0.4) is 0 Å². The van der Waals surface area contributed by atoms with Gasteiger partial charge in [0.05, 0.1) is 24.4 Å². The van der Waals surface area contributed by atoms with Gasteiger partial charge in [-0.05, 0) is 49.4 Å². The maximum atomic E-state index is 12.8. The van der Waals surface area contributed by atoms with E-state index in [-0.39, 0.29) is 11.8 Å². The highest BCUT2D eigenvalue weighted by atomic mass is 16.5. The molecule has 1 fully saturated rings. The lowest BCUT2D eigenvalue weighted by molar-refractivity contribution is -0.130. The van der Waals surface area contributed by atoms with Gasteiger partial charge in [-0.2, -0.15) is 0 Å². The van der Waals surface area contributed by atoms with Gasteiger partial charge >= 0.3 is 0 Å². The summed E-state index contributed by atoms with van der Waals surface area (Å²) in [6.07, 6.45) is 8.36. The monoisotopic (exact) mass is 505 g/mol. The molecule has 1 aromatic carbocycles. The Bertz CT molecular complexity index is 1180. The molecule has 10 nitrogen and oxygen atoms in total. The number of carbonyl (C=O) groups excluding carboxylic acids is 2. The molecule has 0 saturated carbocycles. The van der Waals surface area contributed by atoms with E-state index in [9.17, 15) is 9.59 Å². The molecule has 1 saturated heterocycles. The van der Waals surface area contributed by atoms with Gasteiger partial charge in [0.15, 0.2) is 0 Å². The zero-order chi connectivity index (χ0) is 25.6. The Hall–Kier alpha value is -3.66. The second kappa shape index (κ2) is 11.6. The summed E-state index contributed by atoms with van der Waals surface area (Å²) in [4.78, 5) is 38.2. The molecule has 4 heterocycles. The largest absolute Gasteiger partial charge is 0.378 e. The summed E-state index contributed by atoms with van der Waals surface area (Å²) in [7, 11) is 1.86. The van der Waals surface area contributed by atoms with Gasteiger partial charge in [0.25, 0.3) is 5.91 Å². The first kappa shape index (κ1) is 25.0. The number of aromatic nitrogens is 2. The van der Waals surface area contributed by atoms with Gasteiger partial charge in [-0.15, -0.1) is 0 Å². The van der Waals surface area contributed by atoms with Crippen LogP contribution in [0.25, 0.3) is 5.57 Å². The predicted molar refractivity (Wildman–Crippen MR) is 145 cm³/mol. The summed E-state index contributed by atoms with van der Waals surface area (Å²) >= 11 is 0. The smallest absolute Gasteiger partial charge is 0.259 e. The Morgan fingerprint density at radius 2 is 1.76 bits per heavy atom. The van der Waals surface area contributed by atoms with Crippen molar-refractivity contribution in [3.63, 3.8) is 0 Å². The second-order valence-corrected chi connectivity index (χ2v) is 9.70. The van der Waals surface area contributed by atoms with Crippen LogP contribution in [0.4, 0.5) is 23.0 Å². The van der Waals surface area contributed by atoms with Gasteiger partial charge in [-0.3, -0.25) is 9.59 Å². The van der Waals surface area contributed by atoms with E-state index in [1.165, 1.54) is 17.6 Å². The number of nitrogens with one attached hydrogen (secondary N) is 3. The molecule has 0 spiro atoms. The molecule has 1 aromatic heterocycles. The van der Waals surface area contributed by atoms with Crippen molar-refractivity contribution in [3.8, 4) is 0 Å². The topological polar surface area (TPSA) is 112 Å². The fraction of sp³-hybridized carbons (Fsp3) is 0.481. The van der Waals surface area contributed by atoms with Crippen LogP contribution in [-0.2, 0) is 20.7 Å². The molecular formula is C27H35N7O3. The average molecular weight is 506 g/mol. The lowest BCUT2D eigenvalue weighted by Gasteiger charge is -2.31. The van der Waals surface area contributed by atoms with Crippen molar-refractivity contribution in [2.24, 2.45) is 0 Å². The highest BCUT2D eigenvalue weighted by Gasteiger charge is 2.29. The molecule has 3 N–H and O–H groups in total. The molecule has 0 radical (unpaired) electrons. The third-order valence-electron chi connectivity index (χ3n) is 7.13. The molecular weight excluding hydrogens is 470 g/mol. The molecule has 10 heteroatoms. The molecule has 2 bridgehead atoms. The van der Waals surface area contributed by atoms with E-state index in [0.29, 0.717) is 42.3 Å². The van der Waals surface area contributed by atoms with E-state index in [4.69, 9.17) is 4.74 Å². The molecule has 196 valence electrons. The Kier molecular flexibility index (Phi) is 7.84. The first-order valence-electron chi connectivity index (χ1n) is 13.2. The summed E-state index contributed by atoms with van der Waals surface area (Å²) in [5.41, 5.74) is 4.55. The summed E-state index contributed by atoms with van der Waals surface area (Å²) in [6, 6.07) is 6.38. The third-order valence-corrected chi connectivity index (χ3v) is 7.13. The van der Waals surface area contributed by atoms with Crippen molar-refractivity contribution in [1.29, 1.82) is 0 Å². The van der Waals surface area contributed by atoms with E-state index in [1.807, 2.05) is 7.05 Å². The van der Waals surface area contributed by atoms with E-state index in [0.717, 1.165) is 64.1 Å². The number of hydrogen-bond donors (Lipinski definition) is 3. The van der Waals surface area contributed by atoms with Crippen LogP contribution in [0.2, 0.25) is 0 Å². The van der Waals surface area contributed by atoms with E-state index >= 15 is 0 Å². The zero-order valence-corrected chi connectivity index (χ0v) is 21.4. The van der Waals surface area contributed by atoms with Gasteiger partial charge in [-0.25, -0.2) is 9.97 Å². The van der Waals surface area contributed by atoms with Crippen molar-refractivity contribution >= 4 is 40.4 Å². The molecule has 0 aliphatic carbocycles. The number of ether oxygens (including phenoxy) is 1. The number of carbonyl (C=O) groups is 2. The first-order chi connectivity index (χ1) is 18.1. The zero-order valence-electron chi connectivity index (χ0n) is 21.4. The lowest BCUT2D eigenvalue weighted by atomic mass is 10.0. The number of rotatable bonds is 1. The van der Waals surface area contributed by atoms with Crippen molar-refractivity contribution in [2.45, 2.75) is 38.5 Å². The average Bonchev–Trinajstić information content (AvgIpc) is 3.25. The number of fused-ring (bicyclic) bond motifs is 2. The van der Waals surface area contributed by atoms with Crippen LogP contribution in [0, 0.1) is 0 Å². The number of benzene rings is 1. The minimum atomic E-state index is -0.215. The van der Waals surface area contributed by atoms with Crippen LogP contribution in [0.1, 0.15) is 43.2 Å². The Balaban J connectivity index is 1.45. The maximum absolute atomic E-state index is 12.8. The number of aryl methyl sites for hydroxylation is 1. The first-order valence-corrected chi connectivity index (χ1v) is 13.2. The van der Waals surface area contributed by atoms with Crippen molar-refractivity contribution in [1.82, 2.24) is 14.9 Å². The summed E-state index contributed by atoms with van der Waals surface area (Å²) in [5, 5.41) is 9.51. The molecule has 3 aliphatic rings. The normalized spacial score (nSPS) is 20.8. The minimum Gasteiger partial charge on any atom is -0.378 e. The number of amides is 2. The highest BCUT2D eigenvalue weighted by molar-refractivity contribution is 6.32. The third kappa shape index (κ3) is 5.85. The van der Waals surface area contributed by atoms with Crippen LogP contribution >= 0.6 is 0 Å². The summed E-state index contributed by atoms with van der Waals surface area (Å²) in [6.45, 7) is 4.49. The maximum Gasteiger partial charge on any atom is 0.259 e. The minimum absolute atomic E-state index is 0.182. The molecule has 3 aliphatic heterocycles. The Labute approximate surface area is 217 Å². The van der Waals surface area contributed by atoms with Crippen LogP contribution < -0.4 is 20.9 Å².